The van der Waals surface area contributed by atoms with E-state index >= 15 is 0 Å². The van der Waals surface area contributed by atoms with Crippen LogP contribution in [-0.2, 0) is 0 Å². The Labute approximate surface area is 178 Å². The molecule has 0 fully saturated rings. The molecular weight excluding hydrogens is 388 g/mol. The number of fused-ring (bicyclic) bond motifs is 3. The average Bonchev–Trinajstić information content (AvgIpc) is 3.18. The lowest BCUT2D eigenvalue weighted by Gasteiger charge is -2.43. The summed E-state index contributed by atoms with van der Waals surface area (Å²) in [5.74, 6) is 0.201. The number of rotatable bonds is 0. The molecule has 140 valence electrons. The van der Waals surface area contributed by atoms with Crippen LogP contribution in [0.3, 0.4) is 0 Å². The van der Waals surface area contributed by atoms with E-state index in [1.54, 1.807) is 0 Å². The van der Waals surface area contributed by atoms with E-state index < -0.39 is 0 Å². The first-order chi connectivity index (χ1) is 14.8. The summed E-state index contributed by atoms with van der Waals surface area (Å²) in [6.45, 7) is 0. The van der Waals surface area contributed by atoms with Crippen LogP contribution in [0.5, 0.6) is 0 Å². The minimum absolute atomic E-state index is 0.0839. The van der Waals surface area contributed by atoms with Crippen LogP contribution in [0.25, 0.3) is 21.8 Å². The molecular formula is C27H15ClN2. The molecule has 0 atom stereocenters. The van der Waals surface area contributed by atoms with Crippen molar-refractivity contribution in [2.75, 3.05) is 0 Å². The minimum atomic E-state index is 0.0839. The predicted octanol–water partition coefficient (Wildman–Crippen LogP) is 6.83. The first-order valence-electron chi connectivity index (χ1n) is 10.1. The summed E-state index contributed by atoms with van der Waals surface area (Å²) in [6, 6.07) is 28.0. The number of para-hydroxylation sites is 1. The van der Waals surface area contributed by atoms with Gasteiger partial charge < -0.3 is 4.98 Å². The molecule has 3 aliphatic carbocycles. The molecule has 3 aliphatic rings. The van der Waals surface area contributed by atoms with E-state index in [2.05, 4.69) is 65.7 Å². The zero-order valence-electron chi connectivity index (χ0n) is 15.9. The standard InChI is InChI=1S/C27H15ClN2/c28-20-11-5-10-19-25-21(30-27(19)20)12-14(13-29)22-23-15-6-1-3-8-17(15)24(26(22)25)18-9-4-2-7-16(18)23/h1-12,23-24,30H. The van der Waals surface area contributed by atoms with E-state index in [0.717, 1.165) is 27.5 Å². The van der Waals surface area contributed by atoms with Crippen LogP contribution in [0.4, 0.5) is 0 Å². The Bertz CT molecular complexity index is 1540. The Morgan fingerprint density at radius 2 is 1.37 bits per heavy atom. The van der Waals surface area contributed by atoms with Crippen LogP contribution in [0.1, 0.15) is 50.8 Å². The number of benzene rings is 4. The van der Waals surface area contributed by atoms with Crippen molar-refractivity contribution in [1.82, 2.24) is 4.98 Å². The Hall–Kier alpha value is -3.54. The molecule has 0 saturated carbocycles. The van der Waals surface area contributed by atoms with Gasteiger partial charge in [0.25, 0.3) is 0 Å². The topological polar surface area (TPSA) is 39.6 Å². The molecule has 2 bridgehead atoms. The SMILES string of the molecule is N#Cc1cc2[nH]c3c(Cl)cccc3c2c2c1C1c3ccccc3C2c2ccccc21. The zero-order chi connectivity index (χ0) is 20.0. The number of nitriles is 1. The summed E-state index contributed by atoms with van der Waals surface area (Å²) in [6.07, 6.45) is 0. The lowest BCUT2D eigenvalue weighted by atomic mass is 9.59. The Kier molecular flexibility index (Phi) is 3.00. The number of nitrogens with zero attached hydrogens (tertiary/aromatic N) is 1. The van der Waals surface area contributed by atoms with E-state index in [0.29, 0.717) is 5.02 Å². The molecule has 4 aromatic carbocycles. The second-order valence-electron chi connectivity index (χ2n) is 8.20. The summed E-state index contributed by atoms with van der Waals surface area (Å²) < 4.78 is 0. The van der Waals surface area contributed by atoms with Crippen LogP contribution in [-0.4, -0.2) is 4.98 Å². The van der Waals surface area contributed by atoms with Gasteiger partial charge in [-0.1, -0.05) is 72.3 Å². The van der Waals surface area contributed by atoms with Gasteiger partial charge in [-0.15, -0.1) is 0 Å². The van der Waals surface area contributed by atoms with E-state index in [9.17, 15) is 5.26 Å². The second-order valence-corrected chi connectivity index (χ2v) is 8.60. The summed E-state index contributed by atoms with van der Waals surface area (Å²) in [5, 5.41) is 13.1. The van der Waals surface area contributed by atoms with Crippen molar-refractivity contribution in [2.24, 2.45) is 0 Å². The highest BCUT2D eigenvalue weighted by Gasteiger charge is 2.43. The van der Waals surface area contributed by atoms with Crippen molar-refractivity contribution < 1.29 is 0 Å². The first-order valence-corrected chi connectivity index (χ1v) is 10.5. The van der Waals surface area contributed by atoms with Crippen LogP contribution in [0.2, 0.25) is 5.02 Å². The van der Waals surface area contributed by atoms with Gasteiger partial charge in [-0.05, 0) is 45.5 Å². The highest BCUT2D eigenvalue weighted by Crippen LogP contribution is 2.58. The summed E-state index contributed by atoms with van der Waals surface area (Å²) in [5.41, 5.74) is 10.4. The van der Waals surface area contributed by atoms with Gasteiger partial charge in [-0.25, -0.2) is 0 Å². The number of hydrogen-bond acceptors (Lipinski definition) is 1. The monoisotopic (exact) mass is 402 g/mol. The first kappa shape index (κ1) is 16.3. The van der Waals surface area contributed by atoms with Gasteiger partial charge in [0, 0.05) is 28.1 Å². The van der Waals surface area contributed by atoms with E-state index in [1.165, 1.54) is 33.2 Å². The molecule has 0 amide bonds. The number of H-pyrrole nitrogens is 1. The molecule has 0 radical (unpaired) electrons. The van der Waals surface area contributed by atoms with E-state index in [-0.39, 0.29) is 11.8 Å². The molecule has 8 rings (SSSR count). The molecule has 0 saturated heterocycles. The maximum absolute atomic E-state index is 10.1. The third kappa shape index (κ3) is 1.80. The van der Waals surface area contributed by atoms with Gasteiger partial charge in [0.2, 0.25) is 0 Å². The third-order valence-electron chi connectivity index (χ3n) is 6.88. The second kappa shape index (κ2) is 5.53. The van der Waals surface area contributed by atoms with Crippen molar-refractivity contribution in [1.29, 1.82) is 5.26 Å². The lowest BCUT2D eigenvalue weighted by molar-refractivity contribution is 0.759. The predicted molar refractivity (Wildman–Crippen MR) is 120 cm³/mol. The largest absolute Gasteiger partial charge is 0.353 e. The fourth-order valence-electron chi connectivity index (χ4n) is 5.84. The number of hydrogen-bond donors (Lipinski definition) is 1. The van der Waals surface area contributed by atoms with Crippen LogP contribution < -0.4 is 0 Å². The van der Waals surface area contributed by atoms with Crippen molar-refractivity contribution in [3.63, 3.8) is 0 Å². The number of aromatic nitrogens is 1. The van der Waals surface area contributed by atoms with Crippen molar-refractivity contribution in [3.05, 3.63) is 117 Å². The highest BCUT2D eigenvalue weighted by atomic mass is 35.5. The minimum Gasteiger partial charge on any atom is -0.353 e. The Balaban J connectivity index is 1.73. The molecule has 1 N–H and O–H groups in total. The molecule has 3 heteroatoms. The van der Waals surface area contributed by atoms with Crippen molar-refractivity contribution in [3.8, 4) is 6.07 Å². The molecule has 2 nitrogen and oxygen atoms in total. The molecule has 30 heavy (non-hydrogen) atoms. The van der Waals surface area contributed by atoms with Crippen LogP contribution in [0.15, 0.2) is 72.8 Å². The smallest absolute Gasteiger partial charge is 0.0995 e. The lowest BCUT2D eigenvalue weighted by Crippen LogP contribution is -2.28. The number of nitrogens with one attached hydrogen (secondary N) is 1. The van der Waals surface area contributed by atoms with Gasteiger partial charge in [0.15, 0.2) is 0 Å². The van der Waals surface area contributed by atoms with Gasteiger partial charge in [0.05, 0.1) is 22.2 Å². The van der Waals surface area contributed by atoms with Crippen LogP contribution >= 0.6 is 11.6 Å². The van der Waals surface area contributed by atoms with Crippen molar-refractivity contribution >= 4 is 33.4 Å². The van der Waals surface area contributed by atoms with Gasteiger partial charge in [-0.3, -0.25) is 0 Å². The molecule has 0 aliphatic heterocycles. The van der Waals surface area contributed by atoms with Gasteiger partial charge in [-0.2, -0.15) is 5.26 Å². The molecule has 0 spiro atoms. The fraction of sp³-hybridized carbons (Fsp3) is 0.0741. The van der Waals surface area contributed by atoms with Gasteiger partial charge in [0.1, 0.15) is 0 Å². The maximum Gasteiger partial charge on any atom is 0.0995 e. The van der Waals surface area contributed by atoms with Crippen LogP contribution in [0, 0.1) is 11.3 Å². The number of aromatic amines is 1. The fourth-order valence-corrected chi connectivity index (χ4v) is 6.06. The molecule has 1 aromatic heterocycles. The highest BCUT2D eigenvalue weighted by molar-refractivity contribution is 6.36. The van der Waals surface area contributed by atoms with Gasteiger partial charge >= 0.3 is 0 Å². The third-order valence-corrected chi connectivity index (χ3v) is 7.20. The molecule has 0 unspecified atom stereocenters. The Morgan fingerprint density at radius 3 is 1.97 bits per heavy atom. The Morgan fingerprint density at radius 1 is 0.767 bits per heavy atom. The number of halogens is 1. The quantitative estimate of drug-likeness (QED) is 0.296. The van der Waals surface area contributed by atoms with Crippen molar-refractivity contribution in [2.45, 2.75) is 11.8 Å². The summed E-state index contributed by atoms with van der Waals surface area (Å²) in [7, 11) is 0. The van der Waals surface area contributed by atoms with E-state index in [4.69, 9.17) is 11.6 Å². The molecule has 5 aromatic rings. The van der Waals surface area contributed by atoms with E-state index in [1.807, 2.05) is 18.2 Å². The molecule has 1 heterocycles. The summed E-state index contributed by atoms with van der Waals surface area (Å²) >= 11 is 6.53. The average molecular weight is 403 g/mol. The zero-order valence-corrected chi connectivity index (χ0v) is 16.7. The normalized spacial score (nSPS) is 18.1. The summed E-state index contributed by atoms with van der Waals surface area (Å²) in [4.78, 5) is 3.50. The maximum atomic E-state index is 10.1.